The van der Waals surface area contributed by atoms with Gasteiger partial charge in [0.15, 0.2) is 11.5 Å². The highest BCUT2D eigenvalue weighted by Gasteiger charge is 2.61. The highest BCUT2D eigenvalue weighted by molar-refractivity contribution is 7.90. The van der Waals surface area contributed by atoms with Crippen molar-refractivity contribution in [3.63, 3.8) is 0 Å². The lowest BCUT2D eigenvalue weighted by Gasteiger charge is -2.36. The van der Waals surface area contributed by atoms with Gasteiger partial charge in [-0.15, -0.1) is 0 Å². The second-order valence-electron chi connectivity index (χ2n) is 18.0. The molecule has 1 aromatic carbocycles. The molecule has 2 saturated carbocycles. The molecule has 1 aromatic rings. The smallest absolute Gasteiger partial charge is 0.407 e. The summed E-state index contributed by atoms with van der Waals surface area (Å²) in [5, 5.41) is 25.8. The minimum atomic E-state index is -3.71. The number of aliphatic hydroxyl groups excluding tert-OH is 1. The zero-order valence-electron chi connectivity index (χ0n) is 33.4. The fourth-order valence-corrected chi connectivity index (χ4v) is 9.85. The fourth-order valence-electron chi connectivity index (χ4n) is 8.38. The Morgan fingerprint density at radius 2 is 1.80 bits per heavy atom. The van der Waals surface area contributed by atoms with E-state index >= 15 is 0 Å². The maximum Gasteiger partial charge on any atom is 0.407 e. The predicted molar refractivity (Wildman–Crippen MR) is 204 cm³/mol. The first kappa shape index (κ1) is 41.8. The van der Waals surface area contributed by atoms with Crippen molar-refractivity contribution in [1.82, 2.24) is 25.2 Å². The van der Waals surface area contributed by atoms with Gasteiger partial charge in [-0.3, -0.25) is 14.5 Å². The number of nitrogens with zero attached hydrogens (tertiary/aromatic N) is 2. The lowest BCUT2D eigenvalue weighted by atomic mass is 9.85. The maximum absolute atomic E-state index is 14.1. The van der Waals surface area contributed by atoms with Gasteiger partial charge in [-0.1, -0.05) is 54.4 Å². The number of ether oxygens (including phenoxy) is 3. The number of amides is 4. The summed E-state index contributed by atoms with van der Waals surface area (Å²) >= 11 is 0. The van der Waals surface area contributed by atoms with Gasteiger partial charge >= 0.3 is 12.2 Å². The van der Waals surface area contributed by atoms with Crippen LogP contribution in [0.1, 0.15) is 116 Å². The van der Waals surface area contributed by atoms with Crippen molar-refractivity contribution >= 4 is 34.0 Å². The van der Waals surface area contributed by atoms with Gasteiger partial charge in [0.05, 0.1) is 23.9 Å². The van der Waals surface area contributed by atoms with E-state index in [2.05, 4.69) is 15.4 Å². The van der Waals surface area contributed by atoms with Crippen molar-refractivity contribution in [1.29, 1.82) is 0 Å². The van der Waals surface area contributed by atoms with E-state index in [1.165, 1.54) is 9.80 Å². The summed E-state index contributed by atoms with van der Waals surface area (Å²) in [5.41, 5.74) is 0.622. The van der Waals surface area contributed by atoms with Gasteiger partial charge in [-0.25, -0.2) is 18.0 Å². The second kappa shape index (κ2) is 15.8. The van der Waals surface area contributed by atoms with E-state index < -0.39 is 68.5 Å². The van der Waals surface area contributed by atoms with Crippen LogP contribution in [0.2, 0.25) is 0 Å². The Bertz CT molecular complexity index is 1810. The topological polar surface area (TPSA) is 213 Å². The van der Waals surface area contributed by atoms with Crippen LogP contribution in [0.25, 0.3) is 0 Å². The molecule has 312 valence electrons. The van der Waals surface area contributed by atoms with Crippen molar-refractivity contribution < 1.29 is 52.0 Å². The molecule has 4 amide bonds. The van der Waals surface area contributed by atoms with Crippen molar-refractivity contribution in [3.05, 3.63) is 22.8 Å². The molecule has 6 rings (SSSR count). The number of carboxylic acid groups (broad SMARTS) is 1. The van der Waals surface area contributed by atoms with Crippen LogP contribution in [0.4, 0.5) is 9.59 Å². The maximum atomic E-state index is 14.1. The van der Waals surface area contributed by atoms with E-state index in [4.69, 9.17) is 14.2 Å². The van der Waals surface area contributed by atoms with Crippen LogP contribution in [0.5, 0.6) is 11.5 Å². The number of carbonyl (C=O) groups is 4. The first-order valence-corrected chi connectivity index (χ1v) is 21.5. The number of fused-ring (bicyclic) bond motifs is 2. The number of sulfonamides is 1. The van der Waals surface area contributed by atoms with E-state index in [0.29, 0.717) is 76.1 Å². The van der Waals surface area contributed by atoms with E-state index in [-0.39, 0.29) is 24.7 Å². The molecule has 16 nitrogen and oxygen atoms in total. The first-order chi connectivity index (χ1) is 26.3. The molecular formula is C39H59N5O11S. The van der Waals surface area contributed by atoms with Crippen molar-refractivity contribution in [2.75, 3.05) is 19.9 Å². The van der Waals surface area contributed by atoms with Crippen LogP contribution in [0.3, 0.4) is 0 Å². The summed E-state index contributed by atoms with van der Waals surface area (Å²) in [6.45, 7) is 12.6. The highest BCUT2D eigenvalue weighted by Crippen LogP contribution is 2.49. The molecule has 17 heteroatoms. The zero-order valence-corrected chi connectivity index (χ0v) is 34.3. The molecule has 0 aromatic heterocycles. The van der Waals surface area contributed by atoms with Crippen molar-refractivity contribution in [2.24, 2.45) is 16.7 Å². The number of carbonyl (C=O) groups excluding carboxylic acids is 3. The number of hydrogen-bond donors (Lipinski definition) is 5. The first-order valence-electron chi connectivity index (χ1n) is 19.9. The van der Waals surface area contributed by atoms with Crippen molar-refractivity contribution in [2.45, 2.75) is 148 Å². The summed E-state index contributed by atoms with van der Waals surface area (Å²) < 4.78 is 44.7. The van der Waals surface area contributed by atoms with Gasteiger partial charge in [0, 0.05) is 18.7 Å². The van der Waals surface area contributed by atoms with Gasteiger partial charge < -0.3 is 40.0 Å². The molecule has 0 bridgehead atoms. The molecule has 5 atom stereocenters. The number of unbranched alkanes of at least 4 members (excludes halogenated alkanes) is 1. The minimum absolute atomic E-state index is 0.104. The summed E-state index contributed by atoms with van der Waals surface area (Å²) in [6, 6.07) is 0.0237. The number of aliphatic hydroxyl groups is 1. The molecule has 5 N–H and O–H groups in total. The largest absolute Gasteiger partial charge is 0.465 e. The number of likely N-dealkylation sites (tertiary alicyclic amines) is 1. The number of rotatable bonds is 16. The molecular weight excluding hydrogens is 747 g/mol. The lowest BCUT2D eigenvalue weighted by Crippen LogP contribution is -2.61. The Morgan fingerprint density at radius 1 is 1.07 bits per heavy atom. The Kier molecular flexibility index (Phi) is 11.8. The highest BCUT2D eigenvalue weighted by atomic mass is 32.2. The van der Waals surface area contributed by atoms with E-state index in [1.54, 1.807) is 0 Å². The van der Waals surface area contributed by atoms with Crippen LogP contribution < -0.4 is 24.8 Å². The van der Waals surface area contributed by atoms with Gasteiger partial charge in [0.1, 0.15) is 18.3 Å². The number of benzene rings is 1. The van der Waals surface area contributed by atoms with Gasteiger partial charge in [-0.05, 0) is 85.3 Å². The molecule has 0 spiro atoms. The third-order valence-corrected chi connectivity index (χ3v) is 13.9. The Morgan fingerprint density at radius 3 is 2.45 bits per heavy atom. The third-order valence-electron chi connectivity index (χ3n) is 12.0. The van der Waals surface area contributed by atoms with Crippen LogP contribution in [-0.2, 0) is 43.9 Å². The van der Waals surface area contributed by atoms with Crippen LogP contribution in [0, 0.1) is 16.7 Å². The average Bonchev–Trinajstić information content (AvgIpc) is 3.91. The Hall–Kier alpha value is -3.83. The number of alkyl carbamates (subject to hydrolysis) is 1. The average molecular weight is 806 g/mol. The lowest BCUT2D eigenvalue weighted by molar-refractivity contribution is -0.142. The number of nitrogens with one attached hydrogen (secondary N) is 3. The van der Waals surface area contributed by atoms with Crippen LogP contribution in [0.15, 0.2) is 6.07 Å². The van der Waals surface area contributed by atoms with Crippen LogP contribution in [-0.4, -0.2) is 101 Å². The monoisotopic (exact) mass is 805 g/mol. The third kappa shape index (κ3) is 8.99. The molecule has 3 aliphatic heterocycles. The summed E-state index contributed by atoms with van der Waals surface area (Å²) in [6.07, 6.45) is 2.90. The van der Waals surface area contributed by atoms with Gasteiger partial charge in [-0.2, -0.15) is 4.72 Å². The normalized spacial score (nSPS) is 24.1. The Labute approximate surface area is 329 Å². The molecule has 5 unspecified atom stereocenters. The fraction of sp³-hybridized carbons (Fsp3) is 0.744. The van der Waals surface area contributed by atoms with E-state index in [1.807, 2.05) is 47.6 Å². The summed E-state index contributed by atoms with van der Waals surface area (Å²) in [5.74, 6) is 0.322. The van der Waals surface area contributed by atoms with Gasteiger partial charge in [0.2, 0.25) is 28.6 Å². The predicted octanol–water partition coefficient (Wildman–Crippen LogP) is 3.96. The quantitative estimate of drug-likeness (QED) is 0.119. The molecule has 2 aliphatic carbocycles. The number of hydrogen-bond acceptors (Lipinski definition) is 10. The molecule has 5 aliphatic rings. The van der Waals surface area contributed by atoms with E-state index in [0.717, 1.165) is 36.0 Å². The van der Waals surface area contributed by atoms with Gasteiger partial charge in [0.25, 0.3) is 0 Å². The molecule has 56 heavy (non-hydrogen) atoms. The second-order valence-corrected chi connectivity index (χ2v) is 20.0. The molecule has 3 fully saturated rings. The minimum Gasteiger partial charge on any atom is -0.465 e. The summed E-state index contributed by atoms with van der Waals surface area (Å²) in [7, 11) is -3.71. The SMILES string of the molecule is CCC1CC1(NC(=O)C1CCCN1C(=O)C(NC(=O)OCC(C)(C)CCCCc1c2c(cc3c1OCO3)CN(C(=O)O)C2)C(C)(C)C)C(O)NS(=O)(=O)C1CC1. The molecule has 0 radical (unpaired) electrons. The van der Waals surface area contributed by atoms with Crippen LogP contribution >= 0.6 is 0 Å². The molecule has 3 heterocycles. The Balaban J connectivity index is 1.01. The standard InChI is InChI=1S/C39H59N5O11S/c1-7-24-18-39(24,34(47)42-56(51,52)25-13-14-25)41-32(45)28-12-10-16-44(28)33(46)31(37(2,3)4)40-35(48)53-21-38(5,6)15-9-8-11-26-27-20-43(36(49)50)19-23(27)17-29-30(26)55-22-54-29/h17,24-25,28,31,34,42,47H,7-16,18-22H2,1-6H3,(H,40,48)(H,41,45)(H,49,50). The van der Waals surface area contributed by atoms with Crippen molar-refractivity contribution in [3.8, 4) is 11.5 Å². The molecule has 1 saturated heterocycles. The zero-order chi connectivity index (χ0) is 40.8. The summed E-state index contributed by atoms with van der Waals surface area (Å²) in [4.78, 5) is 55.7. The van der Waals surface area contributed by atoms with E-state index in [9.17, 15) is 37.8 Å².